The molecule has 0 saturated carbocycles. The zero-order chi connectivity index (χ0) is 16.7. The zero-order valence-corrected chi connectivity index (χ0v) is 12.1. The minimum absolute atomic E-state index is 0.245. The summed E-state index contributed by atoms with van der Waals surface area (Å²) in [7, 11) is 0. The summed E-state index contributed by atoms with van der Waals surface area (Å²) >= 11 is 0. The normalized spacial score (nSPS) is 11.1. The summed E-state index contributed by atoms with van der Waals surface area (Å²) in [5.41, 5.74) is 1.64. The molecule has 23 heavy (non-hydrogen) atoms. The molecule has 2 aromatic rings. The standard InChI is InChI=1S/C16H14N4O3/c17-10-11-1-3-13(4-2-11)19-16(23)20-14(9-15(21)22)12-5-7-18-8-6-12/h1-8,14H,9H2,(H,21,22)(H2,19,20,23). The summed E-state index contributed by atoms with van der Waals surface area (Å²) in [5, 5.41) is 22.9. The largest absolute Gasteiger partial charge is 0.481 e. The molecule has 2 amide bonds. The van der Waals surface area contributed by atoms with Crippen molar-refractivity contribution in [3.05, 3.63) is 59.9 Å². The number of carbonyl (C=O) groups excluding carboxylic acids is 1. The third kappa shape index (κ3) is 4.82. The van der Waals surface area contributed by atoms with E-state index in [0.29, 0.717) is 16.8 Å². The van der Waals surface area contributed by atoms with E-state index in [1.54, 1.807) is 36.4 Å². The maximum Gasteiger partial charge on any atom is 0.319 e. The molecule has 1 aromatic carbocycles. The summed E-state index contributed by atoms with van der Waals surface area (Å²) in [4.78, 5) is 26.9. The van der Waals surface area contributed by atoms with Crippen LogP contribution in [-0.2, 0) is 4.79 Å². The van der Waals surface area contributed by atoms with Crippen molar-refractivity contribution in [1.82, 2.24) is 10.3 Å². The first-order chi connectivity index (χ1) is 11.1. The molecule has 7 nitrogen and oxygen atoms in total. The quantitative estimate of drug-likeness (QED) is 0.783. The van der Waals surface area contributed by atoms with Crippen LogP contribution in [-0.4, -0.2) is 22.1 Å². The third-order valence-electron chi connectivity index (χ3n) is 3.06. The van der Waals surface area contributed by atoms with Gasteiger partial charge in [-0.3, -0.25) is 9.78 Å². The van der Waals surface area contributed by atoms with Crippen LogP contribution >= 0.6 is 0 Å². The number of nitrogens with one attached hydrogen (secondary N) is 2. The first kappa shape index (κ1) is 16.0. The fraction of sp³-hybridized carbons (Fsp3) is 0.125. The molecule has 2 rings (SSSR count). The van der Waals surface area contributed by atoms with Crippen molar-refractivity contribution in [2.24, 2.45) is 0 Å². The molecule has 0 bridgehead atoms. The molecule has 116 valence electrons. The molecular formula is C16H14N4O3. The van der Waals surface area contributed by atoms with Gasteiger partial charge < -0.3 is 15.7 Å². The van der Waals surface area contributed by atoms with Crippen LogP contribution in [0.4, 0.5) is 10.5 Å². The Hall–Kier alpha value is -3.40. The fourth-order valence-corrected chi connectivity index (χ4v) is 1.98. The number of urea groups is 1. The van der Waals surface area contributed by atoms with Gasteiger partial charge in [0.05, 0.1) is 24.1 Å². The Kier molecular flexibility index (Phi) is 5.25. The number of carbonyl (C=O) groups is 2. The number of amides is 2. The lowest BCUT2D eigenvalue weighted by atomic mass is 10.1. The monoisotopic (exact) mass is 310 g/mol. The van der Waals surface area contributed by atoms with Crippen LogP contribution in [0.1, 0.15) is 23.6 Å². The smallest absolute Gasteiger partial charge is 0.319 e. The number of benzene rings is 1. The van der Waals surface area contributed by atoms with Crippen molar-refractivity contribution < 1.29 is 14.7 Å². The fourth-order valence-electron chi connectivity index (χ4n) is 1.98. The Labute approximate surface area is 132 Å². The van der Waals surface area contributed by atoms with Crippen LogP contribution in [0.5, 0.6) is 0 Å². The van der Waals surface area contributed by atoms with E-state index in [-0.39, 0.29) is 6.42 Å². The summed E-state index contributed by atoms with van der Waals surface area (Å²) < 4.78 is 0. The molecule has 0 saturated heterocycles. The summed E-state index contributed by atoms with van der Waals surface area (Å²) in [6.45, 7) is 0. The Morgan fingerprint density at radius 2 is 1.83 bits per heavy atom. The summed E-state index contributed by atoms with van der Waals surface area (Å²) in [5.74, 6) is -1.02. The molecule has 0 aliphatic heterocycles. The molecule has 7 heteroatoms. The third-order valence-corrected chi connectivity index (χ3v) is 3.06. The van der Waals surface area contributed by atoms with Gasteiger partial charge in [-0.25, -0.2) is 4.79 Å². The predicted molar refractivity (Wildman–Crippen MR) is 82.5 cm³/mol. The molecule has 0 radical (unpaired) electrons. The molecular weight excluding hydrogens is 296 g/mol. The maximum atomic E-state index is 12.0. The number of hydrogen-bond acceptors (Lipinski definition) is 4. The highest BCUT2D eigenvalue weighted by molar-refractivity contribution is 5.89. The highest BCUT2D eigenvalue weighted by Gasteiger charge is 2.18. The van der Waals surface area contributed by atoms with Crippen LogP contribution in [0.25, 0.3) is 0 Å². The van der Waals surface area contributed by atoms with E-state index in [2.05, 4.69) is 15.6 Å². The lowest BCUT2D eigenvalue weighted by Gasteiger charge is -2.17. The van der Waals surface area contributed by atoms with Gasteiger partial charge in [-0.2, -0.15) is 5.26 Å². The summed E-state index contributed by atoms with van der Waals surface area (Å²) in [6, 6.07) is 10.4. The van der Waals surface area contributed by atoms with Gasteiger partial charge in [0.1, 0.15) is 0 Å². The van der Waals surface area contributed by atoms with Crippen LogP contribution < -0.4 is 10.6 Å². The van der Waals surface area contributed by atoms with E-state index in [1.165, 1.54) is 12.4 Å². The van der Waals surface area contributed by atoms with Gasteiger partial charge >= 0.3 is 12.0 Å². The highest BCUT2D eigenvalue weighted by atomic mass is 16.4. The van der Waals surface area contributed by atoms with E-state index >= 15 is 0 Å². The maximum absolute atomic E-state index is 12.0. The lowest BCUT2D eigenvalue weighted by molar-refractivity contribution is -0.137. The van der Waals surface area contributed by atoms with Crippen molar-refractivity contribution in [3.8, 4) is 6.07 Å². The average Bonchev–Trinajstić information content (AvgIpc) is 2.55. The van der Waals surface area contributed by atoms with Crippen molar-refractivity contribution in [3.63, 3.8) is 0 Å². The number of nitrogens with zero attached hydrogens (tertiary/aromatic N) is 2. The number of aliphatic carboxylic acids is 1. The molecule has 1 heterocycles. The van der Waals surface area contributed by atoms with Gasteiger partial charge in [0.2, 0.25) is 0 Å². The van der Waals surface area contributed by atoms with Crippen LogP contribution in [0.2, 0.25) is 0 Å². The second kappa shape index (κ2) is 7.56. The van der Waals surface area contributed by atoms with E-state index < -0.39 is 18.0 Å². The Morgan fingerprint density at radius 3 is 2.39 bits per heavy atom. The minimum Gasteiger partial charge on any atom is -0.481 e. The second-order valence-electron chi connectivity index (χ2n) is 4.72. The van der Waals surface area contributed by atoms with Crippen molar-refractivity contribution in [1.29, 1.82) is 5.26 Å². The molecule has 3 N–H and O–H groups in total. The van der Waals surface area contributed by atoms with Crippen molar-refractivity contribution in [2.45, 2.75) is 12.5 Å². The van der Waals surface area contributed by atoms with E-state index in [0.717, 1.165) is 0 Å². The molecule has 1 aromatic heterocycles. The summed E-state index contributed by atoms with van der Waals surface area (Å²) in [6.07, 6.45) is 2.82. The Morgan fingerprint density at radius 1 is 1.17 bits per heavy atom. The van der Waals surface area contributed by atoms with Crippen LogP contribution in [0.15, 0.2) is 48.8 Å². The number of carboxylic acids is 1. The molecule has 0 spiro atoms. The number of pyridine rings is 1. The molecule has 0 aliphatic carbocycles. The van der Waals surface area contributed by atoms with E-state index in [1.807, 2.05) is 6.07 Å². The Bertz CT molecular complexity index is 723. The van der Waals surface area contributed by atoms with Gasteiger partial charge in [0.15, 0.2) is 0 Å². The van der Waals surface area contributed by atoms with Gasteiger partial charge in [-0.15, -0.1) is 0 Å². The topological polar surface area (TPSA) is 115 Å². The minimum atomic E-state index is -1.02. The average molecular weight is 310 g/mol. The van der Waals surface area contributed by atoms with Gasteiger partial charge in [-0.1, -0.05) is 0 Å². The van der Waals surface area contributed by atoms with E-state index in [4.69, 9.17) is 10.4 Å². The van der Waals surface area contributed by atoms with Crippen LogP contribution in [0, 0.1) is 11.3 Å². The van der Waals surface area contributed by atoms with Gasteiger partial charge in [0, 0.05) is 18.1 Å². The first-order valence-corrected chi connectivity index (χ1v) is 6.78. The van der Waals surface area contributed by atoms with E-state index in [9.17, 15) is 9.59 Å². The van der Waals surface area contributed by atoms with Crippen molar-refractivity contribution in [2.75, 3.05) is 5.32 Å². The van der Waals surface area contributed by atoms with Crippen molar-refractivity contribution >= 4 is 17.7 Å². The SMILES string of the molecule is N#Cc1ccc(NC(=O)NC(CC(=O)O)c2ccncc2)cc1. The number of aromatic nitrogens is 1. The molecule has 1 unspecified atom stereocenters. The zero-order valence-electron chi connectivity index (χ0n) is 12.1. The molecule has 0 aliphatic rings. The molecule has 1 atom stereocenters. The number of nitriles is 1. The van der Waals surface area contributed by atoms with Gasteiger partial charge in [0.25, 0.3) is 0 Å². The van der Waals surface area contributed by atoms with Gasteiger partial charge in [-0.05, 0) is 42.0 Å². The number of rotatable bonds is 5. The molecule has 0 fully saturated rings. The highest BCUT2D eigenvalue weighted by Crippen LogP contribution is 2.16. The number of carboxylic acid groups (broad SMARTS) is 1. The number of hydrogen-bond donors (Lipinski definition) is 3. The van der Waals surface area contributed by atoms with Crippen LogP contribution in [0.3, 0.4) is 0 Å². The second-order valence-corrected chi connectivity index (χ2v) is 4.72. The predicted octanol–water partition coefficient (Wildman–Crippen LogP) is 2.29. The first-order valence-electron chi connectivity index (χ1n) is 6.78. The number of anilines is 1. The Balaban J connectivity index is 2.05. The lowest BCUT2D eigenvalue weighted by Crippen LogP contribution is -2.33.